The van der Waals surface area contributed by atoms with Gasteiger partial charge in [0.05, 0.1) is 4.92 Å². The van der Waals surface area contributed by atoms with Crippen LogP contribution in [0.2, 0.25) is 0 Å². The van der Waals surface area contributed by atoms with Crippen LogP contribution in [0, 0.1) is 10.1 Å². The highest BCUT2D eigenvalue weighted by Crippen LogP contribution is 2.30. The molecule has 0 aliphatic carbocycles. The molecule has 0 saturated heterocycles. The van der Waals surface area contributed by atoms with E-state index in [4.69, 9.17) is 5.84 Å². The SMILES string of the molecule is NNc1ncnc(Nc2ccccc2)c1[N+](=O)[O-]. The van der Waals surface area contributed by atoms with E-state index >= 15 is 0 Å². The first-order chi connectivity index (χ1) is 8.72. The summed E-state index contributed by atoms with van der Waals surface area (Å²) in [6.07, 6.45) is 1.19. The van der Waals surface area contributed by atoms with Gasteiger partial charge in [-0.1, -0.05) is 18.2 Å². The number of nitrogens with two attached hydrogens (primary N) is 1. The normalized spacial score (nSPS) is 9.83. The summed E-state index contributed by atoms with van der Waals surface area (Å²) >= 11 is 0. The first-order valence-electron chi connectivity index (χ1n) is 5.00. The van der Waals surface area contributed by atoms with E-state index < -0.39 is 4.92 Å². The van der Waals surface area contributed by atoms with E-state index in [2.05, 4.69) is 20.7 Å². The molecule has 92 valence electrons. The second-order valence-electron chi connectivity index (χ2n) is 3.31. The number of nitro groups is 1. The van der Waals surface area contributed by atoms with Crippen LogP contribution in [0.3, 0.4) is 0 Å². The number of hydrogen-bond acceptors (Lipinski definition) is 7. The minimum atomic E-state index is -0.597. The second-order valence-corrected chi connectivity index (χ2v) is 3.31. The first-order valence-corrected chi connectivity index (χ1v) is 5.00. The van der Waals surface area contributed by atoms with E-state index in [1.165, 1.54) is 6.33 Å². The van der Waals surface area contributed by atoms with Gasteiger partial charge in [0.1, 0.15) is 6.33 Å². The van der Waals surface area contributed by atoms with Crippen LogP contribution in [-0.2, 0) is 0 Å². The third-order valence-electron chi connectivity index (χ3n) is 2.18. The van der Waals surface area contributed by atoms with Crippen molar-refractivity contribution in [3.63, 3.8) is 0 Å². The summed E-state index contributed by atoms with van der Waals surface area (Å²) in [5.41, 5.74) is 2.55. The van der Waals surface area contributed by atoms with Gasteiger partial charge in [0.2, 0.25) is 11.6 Å². The lowest BCUT2D eigenvalue weighted by molar-refractivity contribution is -0.383. The molecular formula is C10H10N6O2. The van der Waals surface area contributed by atoms with Gasteiger partial charge >= 0.3 is 5.69 Å². The fourth-order valence-electron chi connectivity index (χ4n) is 1.41. The minimum absolute atomic E-state index is 0.0477. The molecule has 0 radical (unpaired) electrons. The highest BCUT2D eigenvalue weighted by atomic mass is 16.6. The Kier molecular flexibility index (Phi) is 3.30. The predicted octanol–water partition coefficient (Wildman–Crippen LogP) is 1.41. The summed E-state index contributed by atoms with van der Waals surface area (Å²) in [6.45, 7) is 0. The predicted molar refractivity (Wildman–Crippen MR) is 66.2 cm³/mol. The van der Waals surface area contributed by atoms with Crippen molar-refractivity contribution < 1.29 is 4.92 Å². The van der Waals surface area contributed by atoms with Crippen LogP contribution >= 0.6 is 0 Å². The van der Waals surface area contributed by atoms with Crippen molar-refractivity contribution in [2.24, 2.45) is 5.84 Å². The summed E-state index contributed by atoms with van der Waals surface area (Å²) in [7, 11) is 0. The number of benzene rings is 1. The van der Waals surface area contributed by atoms with Crippen LogP contribution < -0.4 is 16.6 Å². The molecule has 0 saturated carbocycles. The minimum Gasteiger partial charge on any atom is -0.334 e. The van der Waals surface area contributed by atoms with Gasteiger partial charge in [-0.2, -0.15) is 0 Å². The maximum atomic E-state index is 11.0. The van der Waals surface area contributed by atoms with Crippen molar-refractivity contribution in [3.8, 4) is 0 Å². The average molecular weight is 246 g/mol. The van der Waals surface area contributed by atoms with E-state index in [1.54, 1.807) is 24.3 Å². The van der Waals surface area contributed by atoms with Crippen molar-refractivity contribution in [2.45, 2.75) is 0 Å². The van der Waals surface area contributed by atoms with E-state index in [0.29, 0.717) is 5.69 Å². The molecule has 18 heavy (non-hydrogen) atoms. The quantitative estimate of drug-likeness (QED) is 0.424. The van der Waals surface area contributed by atoms with Crippen LogP contribution in [0.1, 0.15) is 0 Å². The number of nitrogens with zero attached hydrogens (tertiary/aromatic N) is 3. The molecule has 0 bridgehead atoms. The Labute approximate surface area is 102 Å². The van der Waals surface area contributed by atoms with Crippen molar-refractivity contribution >= 4 is 23.0 Å². The molecule has 1 aromatic carbocycles. The fourth-order valence-corrected chi connectivity index (χ4v) is 1.41. The summed E-state index contributed by atoms with van der Waals surface area (Å²) in [5.74, 6) is 5.21. The number of rotatable bonds is 4. The smallest absolute Gasteiger partial charge is 0.334 e. The third kappa shape index (κ3) is 2.33. The van der Waals surface area contributed by atoms with Gasteiger partial charge in [-0.25, -0.2) is 15.8 Å². The largest absolute Gasteiger partial charge is 0.354 e. The average Bonchev–Trinajstić information content (AvgIpc) is 2.39. The molecule has 2 rings (SSSR count). The summed E-state index contributed by atoms with van der Waals surface area (Å²) in [4.78, 5) is 17.9. The van der Waals surface area contributed by atoms with Crippen molar-refractivity contribution in [1.82, 2.24) is 9.97 Å². The Bertz CT molecular complexity index is 560. The third-order valence-corrected chi connectivity index (χ3v) is 2.18. The lowest BCUT2D eigenvalue weighted by Crippen LogP contribution is -2.12. The number of anilines is 3. The molecule has 0 fully saturated rings. The highest BCUT2D eigenvalue weighted by molar-refractivity contribution is 5.73. The molecular weight excluding hydrogens is 236 g/mol. The van der Waals surface area contributed by atoms with Gasteiger partial charge in [0.25, 0.3) is 0 Å². The number of hydrazine groups is 1. The molecule has 4 N–H and O–H groups in total. The van der Waals surface area contributed by atoms with Gasteiger partial charge in [-0.15, -0.1) is 0 Å². The Morgan fingerprint density at radius 3 is 2.44 bits per heavy atom. The van der Waals surface area contributed by atoms with Crippen molar-refractivity contribution in [1.29, 1.82) is 0 Å². The Morgan fingerprint density at radius 1 is 1.17 bits per heavy atom. The van der Waals surface area contributed by atoms with Gasteiger partial charge in [0.15, 0.2) is 0 Å². The summed E-state index contributed by atoms with van der Waals surface area (Å²) < 4.78 is 0. The molecule has 0 unspecified atom stereocenters. The van der Waals surface area contributed by atoms with E-state index in [1.807, 2.05) is 6.07 Å². The Morgan fingerprint density at radius 2 is 1.83 bits per heavy atom. The standard InChI is InChI=1S/C10H10N6O2/c11-15-10-8(16(17)18)9(12-6-13-10)14-7-4-2-1-3-5-7/h1-6H,11H2,(H2,12,13,14,15). The number of nitrogen functional groups attached to an aromatic ring is 1. The topological polar surface area (TPSA) is 119 Å². The molecule has 8 nitrogen and oxygen atoms in total. The van der Waals surface area contributed by atoms with E-state index in [-0.39, 0.29) is 17.3 Å². The lowest BCUT2D eigenvalue weighted by atomic mass is 10.3. The summed E-state index contributed by atoms with van der Waals surface area (Å²) in [5, 5.41) is 13.8. The van der Waals surface area contributed by atoms with Crippen molar-refractivity contribution in [3.05, 3.63) is 46.8 Å². The van der Waals surface area contributed by atoms with E-state index in [9.17, 15) is 10.1 Å². The monoisotopic (exact) mass is 246 g/mol. The highest BCUT2D eigenvalue weighted by Gasteiger charge is 2.22. The molecule has 2 aromatic rings. The van der Waals surface area contributed by atoms with E-state index in [0.717, 1.165) is 0 Å². The molecule has 0 amide bonds. The van der Waals surface area contributed by atoms with Gasteiger partial charge in [-0.05, 0) is 12.1 Å². The molecule has 0 aliphatic heterocycles. The van der Waals surface area contributed by atoms with Crippen LogP contribution in [0.25, 0.3) is 0 Å². The Balaban J connectivity index is 2.42. The zero-order valence-corrected chi connectivity index (χ0v) is 9.20. The number of nitrogens with one attached hydrogen (secondary N) is 2. The van der Waals surface area contributed by atoms with Gasteiger partial charge < -0.3 is 10.7 Å². The summed E-state index contributed by atoms with van der Waals surface area (Å²) in [6, 6.07) is 8.98. The zero-order valence-electron chi connectivity index (χ0n) is 9.20. The van der Waals surface area contributed by atoms with Crippen LogP contribution in [0.15, 0.2) is 36.7 Å². The zero-order chi connectivity index (χ0) is 13.0. The van der Waals surface area contributed by atoms with Crippen LogP contribution in [-0.4, -0.2) is 14.9 Å². The van der Waals surface area contributed by atoms with Gasteiger partial charge in [-0.3, -0.25) is 10.1 Å². The first kappa shape index (κ1) is 11.7. The second kappa shape index (κ2) is 5.06. The lowest BCUT2D eigenvalue weighted by Gasteiger charge is -2.07. The molecule has 0 spiro atoms. The number of hydrogen-bond donors (Lipinski definition) is 3. The maximum Gasteiger partial charge on any atom is 0.354 e. The molecule has 1 heterocycles. The molecule has 0 atom stereocenters. The molecule has 8 heteroatoms. The Hall–Kier alpha value is -2.74. The maximum absolute atomic E-state index is 11.0. The number of para-hydroxylation sites is 1. The molecule has 1 aromatic heterocycles. The molecule has 0 aliphatic rings. The number of aromatic nitrogens is 2. The fraction of sp³-hybridized carbons (Fsp3) is 0. The van der Waals surface area contributed by atoms with Crippen LogP contribution in [0.5, 0.6) is 0 Å². The van der Waals surface area contributed by atoms with Gasteiger partial charge in [0, 0.05) is 5.69 Å². The van der Waals surface area contributed by atoms with Crippen molar-refractivity contribution in [2.75, 3.05) is 10.7 Å². The van der Waals surface area contributed by atoms with Crippen LogP contribution in [0.4, 0.5) is 23.0 Å².